The molecule has 1 saturated heterocycles. The molecular weight excluding hydrogens is 345 g/mol. The largest absolute Gasteiger partial charge is 0.326 e. The maximum atomic E-state index is 13.0. The van der Waals surface area contributed by atoms with Crippen molar-refractivity contribution in [1.82, 2.24) is 4.90 Å². The van der Waals surface area contributed by atoms with Crippen LogP contribution >= 0.6 is 0 Å². The van der Waals surface area contributed by atoms with Crippen LogP contribution in [0, 0.1) is 11.7 Å². The highest BCUT2D eigenvalue weighted by Gasteiger charge is 2.28. The van der Waals surface area contributed by atoms with E-state index in [-0.39, 0.29) is 23.7 Å². The Balaban J connectivity index is 1.60. The van der Waals surface area contributed by atoms with Crippen LogP contribution in [0.5, 0.6) is 0 Å². The summed E-state index contributed by atoms with van der Waals surface area (Å²) < 4.78 is 13.0. The summed E-state index contributed by atoms with van der Waals surface area (Å²) in [5.41, 5.74) is 2.45. The first-order valence-corrected chi connectivity index (χ1v) is 9.27. The van der Waals surface area contributed by atoms with Gasteiger partial charge in [0.2, 0.25) is 5.91 Å². The summed E-state index contributed by atoms with van der Waals surface area (Å²) in [6.45, 7) is 3.02. The highest BCUT2D eigenvalue weighted by molar-refractivity contribution is 5.94. The van der Waals surface area contributed by atoms with Gasteiger partial charge in [-0.3, -0.25) is 4.79 Å². The SMILES string of the molecule is CCc1ccccc1NC(=O)C1CCCN(C(=O)Nc2ccc(F)cc2)C1. The van der Waals surface area contributed by atoms with Gasteiger partial charge in [0, 0.05) is 24.5 Å². The molecule has 2 aromatic rings. The van der Waals surface area contributed by atoms with Gasteiger partial charge in [0.05, 0.1) is 5.92 Å². The number of amides is 3. The van der Waals surface area contributed by atoms with Crippen LogP contribution in [0.15, 0.2) is 48.5 Å². The van der Waals surface area contributed by atoms with Crippen LogP contribution in [-0.4, -0.2) is 29.9 Å². The molecule has 1 aliphatic rings. The van der Waals surface area contributed by atoms with Crippen molar-refractivity contribution in [2.75, 3.05) is 23.7 Å². The molecule has 142 valence electrons. The number of aryl methyl sites for hydroxylation is 1. The Morgan fingerprint density at radius 3 is 2.59 bits per heavy atom. The fraction of sp³-hybridized carbons (Fsp3) is 0.333. The van der Waals surface area contributed by atoms with Crippen molar-refractivity contribution < 1.29 is 14.0 Å². The van der Waals surface area contributed by atoms with E-state index in [1.54, 1.807) is 4.90 Å². The number of carbonyl (C=O) groups excluding carboxylic acids is 2. The molecule has 27 heavy (non-hydrogen) atoms. The molecule has 0 spiro atoms. The summed E-state index contributed by atoms with van der Waals surface area (Å²) in [6.07, 6.45) is 2.36. The van der Waals surface area contributed by atoms with E-state index in [4.69, 9.17) is 0 Å². The number of urea groups is 1. The number of para-hydroxylation sites is 1. The molecule has 6 heteroatoms. The molecule has 0 aromatic heterocycles. The van der Waals surface area contributed by atoms with Gasteiger partial charge in [0.1, 0.15) is 5.82 Å². The number of nitrogens with zero attached hydrogens (tertiary/aromatic N) is 1. The molecule has 1 unspecified atom stereocenters. The number of likely N-dealkylation sites (tertiary alicyclic amines) is 1. The molecule has 1 aliphatic heterocycles. The highest BCUT2D eigenvalue weighted by Crippen LogP contribution is 2.22. The topological polar surface area (TPSA) is 61.4 Å². The van der Waals surface area contributed by atoms with Crippen molar-refractivity contribution >= 4 is 23.3 Å². The van der Waals surface area contributed by atoms with Crippen molar-refractivity contribution in [3.05, 3.63) is 59.9 Å². The fourth-order valence-corrected chi connectivity index (χ4v) is 3.30. The Morgan fingerprint density at radius 2 is 1.85 bits per heavy atom. The molecule has 1 fully saturated rings. The predicted molar refractivity (Wildman–Crippen MR) is 104 cm³/mol. The number of hydrogen-bond acceptors (Lipinski definition) is 2. The lowest BCUT2D eigenvalue weighted by atomic mass is 9.97. The van der Waals surface area contributed by atoms with E-state index in [1.165, 1.54) is 24.3 Å². The molecule has 0 aliphatic carbocycles. The maximum Gasteiger partial charge on any atom is 0.321 e. The third kappa shape index (κ3) is 4.84. The van der Waals surface area contributed by atoms with Crippen molar-refractivity contribution in [2.45, 2.75) is 26.2 Å². The van der Waals surface area contributed by atoms with Crippen LogP contribution < -0.4 is 10.6 Å². The van der Waals surface area contributed by atoms with Crippen LogP contribution in [0.3, 0.4) is 0 Å². The number of nitrogens with one attached hydrogen (secondary N) is 2. The normalized spacial score (nSPS) is 16.7. The van der Waals surface area contributed by atoms with Crippen molar-refractivity contribution in [3.63, 3.8) is 0 Å². The second-order valence-corrected chi connectivity index (χ2v) is 6.72. The lowest BCUT2D eigenvalue weighted by Crippen LogP contribution is -2.45. The molecule has 3 rings (SSSR count). The molecule has 1 heterocycles. The Hall–Kier alpha value is -2.89. The fourth-order valence-electron chi connectivity index (χ4n) is 3.30. The van der Waals surface area contributed by atoms with Gasteiger partial charge in [0.15, 0.2) is 0 Å². The number of carbonyl (C=O) groups is 2. The summed E-state index contributed by atoms with van der Waals surface area (Å²) in [4.78, 5) is 26.8. The van der Waals surface area contributed by atoms with Crippen LogP contribution in [-0.2, 0) is 11.2 Å². The molecule has 0 bridgehead atoms. The number of hydrogen-bond donors (Lipinski definition) is 2. The number of anilines is 2. The highest BCUT2D eigenvalue weighted by atomic mass is 19.1. The monoisotopic (exact) mass is 369 g/mol. The van der Waals surface area contributed by atoms with E-state index in [0.29, 0.717) is 18.8 Å². The number of halogens is 1. The lowest BCUT2D eigenvalue weighted by molar-refractivity contribution is -0.121. The van der Waals surface area contributed by atoms with Gasteiger partial charge in [-0.1, -0.05) is 25.1 Å². The summed E-state index contributed by atoms with van der Waals surface area (Å²) in [7, 11) is 0. The minimum Gasteiger partial charge on any atom is -0.326 e. The van der Waals surface area contributed by atoms with E-state index < -0.39 is 0 Å². The molecule has 5 nitrogen and oxygen atoms in total. The third-order valence-electron chi connectivity index (χ3n) is 4.83. The van der Waals surface area contributed by atoms with Gasteiger partial charge in [0.25, 0.3) is 0 Å². The number of benzene rings is 2. The summed E-state index contributed by atoms with van der Waals surface area (Å²) in [6, 6.07) is 13.1. The predicted octanol–water partition coefficient (Wildman–Crippen LogP) is 4.27. The zero-order chi connectivity index (χ0) is 19.2. The second kappa shape index (κ2) is 8.66. The Morgan fingerprint density at radius 1 is 1.11 bits per heavy atom. The van der Waals surface area contributed by atoms with E-state index in [2.05, 4.69) is 10.6 Å². The second-order valence-electron chi connectivity index (χ2n) is 6.72. The van der Waals surface area contributed by atoms with E-state index in [9.17, 15) is 14.0 Å². The van der Waals surface area contributed by atoms with Gasteiger partial charge in [-0.05, 0) is 55.2 Å². The van der Waals surface area contributed by atoms with Crippen LogP contribution in [0.25, 0.3) is 0 Å². The van der Waals surface area contributed by atoms with E-state index in [0.717, 1.165) is 30.5 Å². The number of rotatable bonds is 4. The zero-order valence-electron chi connectivity index (χ0n) is 15.4. The van der Waals surface area contributed by atoms with Gasteiger partial charge in [-0.15, -0.1) is 0 Å². The summed E-state index contributed by atoms with van der Waals surface area (Å²) in [5, 5.41) is 5.76. The van der Waals surface area contributed by atoms with Gasteiger partial charge < -0.3 is 15.5 Å². The molecule has 3 amide bonds. The molecule has 1 atom stereocenters. The minimum absolute atomic E-state index is 0.0600. The van der Waals surface area contributed by atoms with Gasteiger partial charge >= 0.3 is 6.03 Å². The van der Waals surface area contributed by atoms with Crippen LogP contribution in [0.4, 0.5) is 20.6 Å². The Kier molecular flexibility index (Phi) is 6.06. The molecule has 0 saturated carbocycles. The average molecular weight is 369 g/mol. The van der Waals surface area contributed by atoms with Crippen LogP contribution in [0.2, 0.25) is 0 Å². The Labute approximate surface area is 158 Å². The van der Waals surface area contributed by atoms with Gasteiger partial charge in [-0.2, -0.15) is 0 Å². The zero-order valence-corrected chi connectivity index (χ0v) is 15.4. The summed E-state index contributed by atoms with van der Waals surface area (Å²) in [5.74, 6) is -0.659. The van der Waals surface area contributed by atoms with Crippen molar-refractivity contribution in [3.8, 4) is 0 Å². The summed E-state index contributed by atoms with van der Waals surface area (Å²) >= 11 is 0. The Bertz CT molecular complexity index is 807. The molecule has 0 radical (unpaired) electrons. The third-order valence-corrected chi connectivity index (χ3v) is 4.83. The average Bonchev–Trinajstić information content (AvgIpc) is 2.70. The first kappa shape index (κ1) is 18.9. The molecule has 2 N–H and O–H groups in total. The van der Waals surface area contributed by atoms with Gasteiger partial charge in [-0.25, -0.2) is 9.18 Å². The first-order valence-electron chi connectivity index (χ1n) is 9.27. The molecule has 2 aromatic carbocycles. The van der Waals surface area contributed by atoms with Crippen molar-refractivity contribution in [1.29, 1.82) is 0 Å². The number of piperidine rings is 1. The minimum atomic E-state index is -0.352. The lowest BCUT2D eigenvalue weighted by Gasteiger charge is -2.32. The standard InChI is InChI=1S/C21H24FN3O2/c1-2-15-6-3-4-8-19(15)24-20(26)16-7-5-13-25(14-16)21(27)23-18-11-9-17(22)10-12-18/h3-4,6,8-12,16H,2,5,7,13-14H2,1H3,(H,23,27)(H,24,26). The van der Waals surface area contributed by atoms with E-state index >= 15 is 0 Å². The van der Waals surface area contributed by atoms with Crippen molar-refractivity contribution in [2.24, 2.45) is 5.92 Å². The first-order chi connectivity index (χ1) is 13.1. The quantitative estimate of drug-likeness (QED) is 0.845. The van der Waals surface area contributed by atoms with Crippen LogP contribution in [0.1, 0.15) is 25.3 Å². The smallest absolute Gasteiger partial charge is 0.321 e. The van der Waals surface area contributed by atoms with E-state index in [1.807, 2.05) is 31.2 Å². The molecular formula is C21H24FN3O2. The maximum absolute atomic E-state index is 13.0.